The molecule has 0 spiro atoms. The second-order valence-corrected chi connectivity index (χ2v) is 24.6. The summed E-state index contributed by atoms with van der Waals surface area (Å²) in [5.41, 5.74) is 22.6. The number of nitrogens with zero attached hydrogens (tertiary/aromatic N) is 2. The van der Waals surface area contributed by atoms with Gasteiger partial charge in [0.15, 0.2) is 0 Å². The molecule has 0 aromatic heterocycles. The van der Waals surface area contributed by atoms with Crippen LogP contribution in [0.2, 0.25) is 0 Å². The van der Waals surface area contributed by atoms with Crippen LogP contribution >= 0.6 is 0 Å². The monoisotopic (exact) mass is 1150 g/mol. The molecule has 2 nitrogen and oxygen atoms in total. The SMILES string of the molecule is CCCCCCCCCCCCCCCCCCCC1=C(c2cccc(CCCCCCCC)c2)[N+](=[N-])C(c2cccc(CCCCCCCC)c2)=C1CCCCCC.[CH2-]CCCCCCCCC.[CH2-]CCCCCCCCC.[Ni+2]. The van der Waals surface area contributed by atoms with Gasteiger partial charge in [-0.15, -0.1) is 0 Å². The largest absolute Gasteiger partial charge is 2.00 e. The summed E-state index contributed by atoms with van der Waals surface area (Å²) in [6.45, 7) is 21.4. The van der Waals surface area contributed by atoms with E-state index in [2.05, 4.69) is 104 Å². The molecule has 1 heterocycles. The van der Waals surface area contributed by atoms with Crippen LogP contribution in [0.25, 0.3) is 16.9 Å². The van der Waals surface area contributed by atoms with Crippen LogP contribution in [0.1, 0.15) is 391 Å². The van der Waals surface area contributed by atoms with Crippen molar-refractivity contribution in [3.63, 3.8) is 0 Å². The molecule has 0 saturated carbocycles. The summed E-state index contributed by atoms with van der Waals surface area (Å²) >= 11 is 0. The zero-order chi connectivity index (χ0) is 57.3. The Labute approximate surface area is 512 Å². The molecule has 1 aliphatic rings. The van der Waals surface area contributed by atoms with Gasteiger partial charge in [-0.25, -0.2) is 4.70 Å². The molecule has 2 aromatic carbocycles. The maximum atomic E-state index is 12.4. The number of allylic oxidation sites excluding steroid dienone is 2. The van der Waals surface area contributed by atoms with Gasteiger partial charge in [0, 0.05) is 22.3 Å². The van der Waals surface area contributed by atoms with Gasteiger partial charge in [-0.3, -0.25) is 0 Å². The van der Waals surface area contributed by atoms with Gasteiger partial charge in [-0.1, -0.05) is 342 Å². The van der Waals surface area contributed by atoms with Gasteiger partial charge in [0.1, 0.15) is 0 Å². The van der Waals surface area contributed by atoms with Gasteiger partial charge in [0.2, 0.25) is 11.4 Å². The van der Waals surface area contributed by atoms with Crippen molar-refractivity contribution in [2.24, 2.45) is 0 Å². The van der Waals surface area contributed by atoms with Gasteiger partial charge in [-0.2, -0.15) is 12.8 Å². The topological polar surface area (TPSA) is 25.3 Å². The van der Waals surface area contributed by atoms with Crippen molar-refractivity contribution in [1.29, 1.82) is 0 Å². The van der Waals surface area contributed by atoms with Crippen LogP contribution in [-0.4, -0.2) is 4.70 Å². The van der Waals surface area contributed by atoms with Crippen molar-refractivity contribution in [3.8, 4) is 0 Å². The number of aryl methyl sites for hydroxylation is 2. The first kappa shape index (κ1) is 78.0. The smallest absolute Gasteiger partial charge is 0.493 e. The van der Waals surface area contributed by atoms with Crippen molar-refractivity contribution in [1.82, 2.24) is 0 Å². The van der Waals surface area contributed by atoms with Gasteiger partial charge in [-0.05, 0) is 86.8 Å². The Kier molecular flexibility index (Phi) is 58.7. The first-order valence-electron chi connectivity index (χ1n) is 35.7. The van der Waals surface area contributed by atoms with E-state index in [1.807, 2.05) is 0 Å². The van der Waals surface area contributed by atoms with Crippen molar-refractivity contribution < 1.29 is 21.2 Å². The normalized spacial score (nSPS) is 12.2. The molecule has 3 rings (SSSR count). The number of unbranched alkanes of at least 4 members (excludes halogenated alkanes) is 43. The van der Waals surface area contributed by atoms with E-state index in [9.17, 15) is 5.53 Å². The van der Waals surface area contributed by atoms with E-state index < -0.39 is 0 Å². The summed E-state index contributed by atoms with van der Waals surface area (Å²) in [5.74, 6) is 0. The van der Waals surface area contributed by atoms with Gasteiger partial charge in [0.05, 0.1) is 0 Å². The molecule has 80 heavy (non-hydrogen) atoms. The molecular formula is C77H136N2Ni. The average Bonchev–Trinajstić information content (AvgIpc) is 3.89. The van der Waals surface area contributed by atoms with Crippen LogP contribution in [0.5, 0.6) is 0 Å². The summed E-state index contributed by atoms with van der Waals surface area (Å²) < 4.78 is 1.64. The summed E-state index contributed by atoms with van der Waals surface area (Å²) in [6, 6.07) is 18.5. The summed E-state index contributed by atoms with van der Waals surface area (Å²) in [6.07, 6.45) is 70.8. The van der Waals surface area contributed by atoms with E-state index in [0.717, 1.165) is 49.9 Å². The number of benzene rings is 2. The molecule has 0 aliphatic carbocycles. The minimum absolute atomic E-state index is 0. The minimum atomic E-state index is 0. The fourth-order valence-corrected chi connectivity index (χ4v) is 11.8. The summed E-state index contributed by atoms with van der Waals surface area (Å²) in [4.78, 5) is 0. The Balaban J connectivity index is 0.00000250. The molecule has 0 N–H and O–H groups in total. The Morgan fingerprint density at radius 3 is 0.750 bits per heavy atom. The molecule has 3 heteroatoms. The van der Waals surface area contributed by atoms with E-state index in [4.69, 9.17) is 0 Å². The molecule has 0 unspecified atom stereocenters. The molecule has 1 aliphatic heterocycles. The average molecular weight is 1150 g/mol. The molecule has 0 bridgehead atoms. The van der Waals surface area contributed by atoms with Gasteiger partial charge >= 0.3 is 16.5 Å². The molecule has 0 amide bonds. The molecule has 0 atom stereocenters. The van der Waals surface area contributed by atoms with E-state index >= 15 is 0 Å². The maximum absolute atomic E-state index is 12.4. The molecule has 0 fully saturated rings. The molecule has 2 aromatic rings. The fraction of sp³-hybridized carbons (Fsp3) is 0.766. The molecule has 464 valence electrons. The van der Waals surface area contributed by atoms with Crippen molar-refractivity contribution in [3.05, 3.63) is 101 Å². The van der Waals surface area contributed by atoms with Crippen LogP contribution in [0.4, 0.5) is 0 Å². The number of hydrogen-bond donors (Lipinski definition) is 0. The Bertz CT molecular complexity index is 1670. The zero-order valence-electron chi connectivity index (χ0n) is 54.7. The Morgan fingerprint density at radius 2 is 0.500 bits per heavy atom. The third-order valence-corrected chi connectivity index (χ3v) is 16.9. The third-order valence-electron chi connectivity index (χ3n) is 16.9. The zero-order valence-corrected chi connectivity index (χ0v) is 55.7. The minimum Gasteiger partial charge on any atom is -0.493 e. The second kappa shape index (κ2) is 60.1. The first-order valence-corrected chi connectivity index (χ1v) is 35.7. The standard InChI is InChI=1S/C57H94N2.2C10H21.Ni/c1-5-9-13-17-20-21-22-23-24-25-26-27-28-29-30-33-37-47-55-54(46-36-16-12-8-4)56(52-44-38-42-50(48-52)40-34-31-18-14-10-6-2)59(58)57(55)53-45-39-43-51(49-53)41-35-32-19-15-11-7-3;2*1-3-5-7-9-10-8-6-4-2;/h38-39,42-45,48-49H,5-37,40-41,46-47H2,1-4H3;2*1,3-10H2,2H3;/q;2*-1;+2. The quantitative estimate of drug-likeness (QED) is 0.0273. The molecule has 0 saturated heterocycles. The van der Waals surface area contributed by atoms with E-state index in [1.165, 1.54) is 335 Å². The van der Waals surface area contributed by atoms with Crippen LogP contribution in [0, 0.1) is 13.8 Å². The molecular weight excluding hydrogens is 1010 g/mol. The predicted octanol–water partition coefficient (Wildman–Crippen LogP) is 27.6. The van der Waals surface area contributed by atoms with Gasteiger partial charge in [0.25, 0.3) is 0 Å². The summed E-state index contributed by atoms with van der Waals surface area (Å²) in [5, 5.41) is 0. The first-order chi connectivity index (χ1) is 39.0. The molecule has 0 radical (unpaired) electrons. The van der Waals surface area contributed by atoms with Crippen LogP contribution in [-0.2, 0) is 29.3 Å². The van der Waals surface area contributed by atoms with Crippen molar-refractivity contribution in [2.75, 3.05) is 0 Å². The fourth-order valence-electron chi connectivity index (χ4n) is 11.8. The van der Waals surface area contributed by atoms with Crippen LogP contribution in [0.15, 0.2) is 59.7 Å². The van der Waals surface area contributed by atoms with Crippen LogP contribution < -0.4 is 0 Å². The van der Waals surface area contributed by atoms with Gasteiger partial charge < -0.3 is 19.4 Å². The Hall–Kier alpha value is -1.99. The second-order valence-electron chi connectivity index (χ2n) is 24.6. The summed E-state index contributed by atoms with van der Waals surface area (Å²) in [7, 11) is 0. The van der Waals surface area contributed by atoms with Crippen LogP contribution in [0.3, 0.4) is 0 Å². The van der Waals surface area contributed by atoms with E-state index in [0.29, 0.717) is 0 Å². The third kappa shape index (κ3) is 41.9. The Morgan fingerprint density at radius 1 is 0.287 bits per heavy atom. The van der Waals surface area contributed by atoms with E-state index in [1.54, 1.807) is 4.70 Å². The number of rotatable bonds is 53. The maximum Gasteiger partial charge on any atom is 2.00 e. The number of hydrogen-bond acceptors (Lipinski definition) is 0. The van der Waals surface area contributed by atoms with Crippen molar-refractivity contribution >= 4 is 11.4 Å². The van der Waals surface area contributed by atoms with Crippen molar-refractivity contribution in [2.45, 2.75) is 382 Å². The predicted molar refractivity (Wildman–Crippen MR) is 358 cm³/mol. The van der Waals surface area contributed by atoms with E-state index in [-0.39, 0.29) is 16.5 Å².